The number of aliphatic hydroxyl groups is 1. The van der Waals surface area contributed by atoms with Gasteiger partial charge in [0.05, 0.1) is 18.0 Å². The molecular weight excluding hydrogens is 376 g/mol. The van der Waals surface area contributed by atoms with Gasteiger partial charge in [-0.05, 0) is 91.1 Å². The molecular formula is C26H40O4. The Morgan fingerprint density at radius 3 is 2.63 bits per heavy atom. The first-order valence-electron chi connectivity index (χ1n) is 12.1. The lowest BCUT2D eigenvalue weighted by Gasteiger charge is -2.58. The molecule has 0 saturated heterocycles. The number of allylic oxidation sites excluding steroid dienone is 4. The molecule has 4 heteroatoms. The topological polar surface area (TPSA) is 66.8 Å². The van der Waals surface area contributed by atoms with E-state index in [4.69, 9.17) is 4.74 Å². The van der Waals surface area contributed by atoms with Crippen molar-refractivity contribution in [2.24, 2.45) is 34.5 Å². The molecule has 0 heterocycles. The van der Waals surface area contributed by atoms with Gasteiger partial charge in [-0.15, -0.1) is 0 Å². The van der Waals surface area contributed by atoms with Crippen LogP contribution < -0.4 is 0 Å². The van der Waals surface area contributed by atoms with Crippen LogP contribution in [0.4, 0.5) is 0 Å². The number of carboxylic acids is 1. The Balaban J connectivity index is 1.56. The predicted octanol–water partition coefficient (Wildman–Crippen LogP) is 5.71. The molecule has 0 unspecified atom stereocenters. The van der Waals surface area contributed by atoms with E-state index in [0.29, 0.717) is 30.1 Å². The van der Waals surface area contributed by atoms with Gasteiger partial charge in [0.25, 0.3) is 0 Å². The van der Waals surface area contributed by atoms with Gasteiger partial charge in [-0.25, -0.2) is 0 Å². The summed E-state index contributed by atoms with van der Waals surface area (Å²) in [6, 6.07) is 0. The van der Waals surface area contributed by atoms with Crippen LogP contribution in [0.15, 0.2) is 23.5 Å². The number of fused-ring (bicyclic) bond motifs is 5. The number of carbonyl (C=O) groups is 1. The van der Waals surface area contributed by atoms with Crippen molar-refractivity contribution in [3.05, 3.63) is 23.5 Å². The molecule has 6 atom stereocenters. The van der Waals surface area contributed by atoms with Crippen molar-refractivity contribution in [2.45, 2.75) is 91.1 Å². The second-order valence-corrected chi connectivity index (χ2v) is 11.4. The van der Waals surface area contributed by atoms with Gasteiger partial charge in [-0.1, -0.05) is 33.8 Å². The van der Waals surface area contributed by atoms with Gasteiger partial charge in [0.15, 0.2) is 0 Å². The summed E-state index contributed by atoms with van der Waals surface area (Å²) in [6.45, 7) is 9.88. The molecule has 4 nitrogen and oxygen atoms in total. The highest BCUT2D eigenvalue weighted by Gasteiger charge is 2.63. The third-order valence-corrected chi connectivity index (χ3v) is 9.41. The minimum Gasteiger partial charge on any atom is -0.498 e. The first-order chi connectivity index (χ1) is 14.1. The second kappa shape index (κ2) is 7.69. The monoisotopic (exact) mass is 416 g/mol. The van der Waals surface area contributed by atoms with E-state index in [1.54, 1.807) is 0 Å². The van der Waals surface area contributed by atoms with Crippen LogP contribution >= 0.6 is 0 Å². The molecule has 4 aliphatic carbocycles. The van der Waals surface area contributed by atoms with Crippen LogP contribution in [-0.4, -0.2) is 28.4 Å². The van der Waals surface area contributed by atoms with Crippen molar-refractivity contribution in [1.29, 1.82) is 0 Å². The van der Waals surface area contributed by atoms with Gasteiger partial charge in [0.1, 0.15) is 0 Å². The molecule has 168 valence electrons. The highest BCUT2D eigenvalue weighted by atomic mass is 16.5. The molecule has 4 aliphatic rings. The lowest BCUT2D eigenvalue weighted by molar-refractivity contribution is -0.145. The number of hydrogen-bond acceptors (Lipinski definition) is 3. The lowest BCUT2D eigenvalue weighted by atomic mass is 9.47. The van der Waals surface area contributed by atoms with Gasteiger partial charge in [0, 0.05) is 12.8 Å². The molecule has 0 radical (unpaired) electrons. The average Bonchev–Trinajstić information content (AvgIpc) is 2.96. The van der Waals surface area contributed by atoms with Crippen LogP contribution in [-0.2, 0) is 9.53 Å². The highest BCUT2D eigenvalue weighted by Crippen LogP contribution is 2.67. The quantitative estimate of drug-likeness (QED) is 0.582. The molecule has 2 N–H and O–H groups in total. The lowest BCUT2D eigenvalue weighted by Crippen LogP contribution is -2.54. The van der Waals surface area contributed by atoms with Crippen molar-refractivity contribution in [3.8, 4) is 0 Å². The van der Waals surface area contributed by atoms with Crippen molar-refractivity contribution in [3.63, 3.8) is 0 Å². The number of hydrogen-bond donors (Lipinski definition) is 2. The maximum atomic E-state index is 11.5. The Morgan fingerprint density at radius 1 is 1.20 bits per heavy atom. The molecule has 0 aromatic heterocycles. The van der Waals surface area contributed by atoms with E-state index in [2.05, 4.69) is 39.8 Å². The Morgan fingerprint density at radius 2 is 1.93 bits per heavy atom. The van der Waals surface area contributed by atoms with Crippen molar-refractivity contribution < 1.29 is 19.7 Å². The first-order valence-corrected chi connectivity index (χ1v) is 12.1. The number of ether oxygens (including phenoxy) is 1. The normalized spacial score (nSPS) is 42.7. The van der Waals surface area contributed by atoms with E-state index in [1.165, 1.54) is 5.57 Å². The van der Waals surface area contributed by atoms with Crippen LogP contribution in [0.25, 0.3) is 0 Å². The number of carboxylic acid groups (broad SMARTS) is 1. The molecule has 4 rings (SSSR count). The zero-order valence-electron chi connectivity index (χ0n) is 19.2. The van der Waals surface area contributed by atoms with Crippen LogP contribution in [0.5, 0.6) is 0 Å². The largest absolute Gasteiger partial charge is 0.498 e. The molecule has 30 heavy (non-hydrogen) atoms. The predicted molar refractivity (Wildman–Crippen MR) is 118 cm³/mol. The summed E-state index contributed by atoms with van der Waals surface area (Å²) in [5.41, 5.74) is 0.699. The SMILES string of the molecule is CC(C)COC1=CC2=CC[C@@H]3[C@H](CC[C@@]4(C)[C@H]3CC[C@@]4(O)CCC(=O)O)[C@@]2(C)CC1. The zero-order chi connectivity index (χ0) is 21.7. The summed E-state index contributed by atoms with van der Waals surface area (Å²) in [6.07, 6.45) is 12.4. The molecule has 0 aromatic rings. The van der Waals surface area contributed by atoms with Crippen molar-refractivity contribution >= 4 is 5.97 Å². The van der Waals surface area contributed by atoms with E-state index in [-0.39, 0.29) is 17.3 Å². The fourth-order valence-electron chi connectivity index (χ4n) is 7.52. The Bertz CT molecular complexity index is 752. The minimum absolute atomic E-state index is 0.0681. The third-order valence-electron chi connectivity index (χ3n) is 9.41. The summed E-state index contributed by atoms with van der Waals surface area (Å²) in [7, 11) is 0. The first kappa shape index (κ1) is 21.9. The molecule has 2 fully saturated rings. The average molecular weight is 417 g/mol. The summed E-state index contributed by atoms with van der Waals surface area (Å²) in [5.74, 6) is 2.64. The molecule has 0 bridgehead atoms. The fourth-order valence-corrected chi connectivity index (χ4v) is 7.52. The van der Waals surface area contributed by atoms with Crippen LogP contribution in [0.3, 0.4) is 0 Å². The Hall–Kier alpha value is -1.29. The molecule has 0 aromatic carbocycles. The molecule has 0 amide bonds. The van der Waals surface area contributed by atoms with Gasteiger partial charge in [-0.3, -0.25) is 4.79 Å². The number of aliphatic carboxylic acids is 1. The van der Waals surface area contributed by atoms with E-state index < -0.39 is 11.6 Å². The smallest absolute Gasteiger partial charge is 0.303 e. The maximum Gasteiger partial charge on any atom is 0.303 e. The Kier molecular flexibility index (Phi) is 5.62. The summed E-state index contributed by atoms with van der Waals surface area (Å²) in [5, 5.41) is 20.7. The molecule has 0 spiro atoms. The van der Waals surface area contributed by atoms with E-state index in [9.17, 15) is 15.0 Å². The summed E-state index contributed by atoms with van der Waals surface area (Å²) < 4.78 is 6.07. The van der Waals surface area contributed by atoms with Gasteiger partial charge >= 0.3 is 5.97 Å². The second-order valence-electron chi connectivity index (χ2n) is 11.4. The van der Waals surface area contributed by atoms with Gasteiger partial charge in [-0.2, -0.15) is 0 Å². The maximum absolute atomic E-state index is 11.5. The van der Waals surface area contributed by atoms with Gasteiger partial charge in [0.2, 0.25) is 0 Å². The Labute approximate surface area is 181 Å². The highest BCUT2D eigenvalue weighted by molar-refractivity contribution is 5.66. The molecule has 2 saturated carbocycles. The van der Waals surface area contributed by atoms with Crippen LogP contribution in [0.2, 0.25) is 0 Å². The minimum atomic E-state index is -0.823. The number of rotatable bonds is 6. The third kappa shape index (κ3) is 3.43. The van der Waals surface area contributed by atoms with E-state index in [0.717, 1.165) is 57.3 Å². The fraction of sp³-hybridized carbons (Fsp3) is 0.808. The van der Waals surface area contributed by atoms with Crippen molar-refractivity contribution in [1.82, 2.24) is 0 Å². The van der Waals surface area contributed by atoms with Crippen LogP contribution in [0.1, 0.15) is 85.5 Å². The summed E-state index contributed by atoms with van der Waals surface area (Å²) in [4.78, 5) is 11.2. The van der Waals surface area contributed by atoms with Crippen LogP contribution in [0, 0.1) is 34.5 Å². The zero-order valence-corrected chi connectivity index (χ0v) is 19.2. The van der Waals surface area contributed by atoms with E-state index in [1.807, 2.05) is 0 Å². The molecule has 0 aliphatic heterocycles. The van der Waals surface area contributed by atoms with Crippen molar-refractivity contribution in [2.75, 3.05) is 6.61 Å². The van der Waals surface area contributed by atoms with E-state index >= 15 is 0 Å². The van der Waals surface area contributed by atoms with Gasteiger partial charge < -0.3 is 14.9 Å². The standard InChI is InChI=1S/C26H40O4/c1-17(2)16-30-19-7-11-24(3)18(15-19)5-6-20-21(24)8-12-25(4)22(20)9-13-26(25,29)14-10-23(27)28/h5,15,17,20-22,29H,6-14,16H2,1-4H3,(H,27,28)/t20-,21+,22+,24+,25+,26-/m1/s1. The summed E-state index contributed by atoms with van der Waals surface area (Å²) >= 11 is 0.